The fourth-order valence-corrected chi connectivity index (χ4v) is 2.01. The lowest BCUT2D eigenvalue weighted by Crippen LogP contribution is -2.53. The van der Waals surface area contributed by atoms with E-state index in [1.54, 1.807) is 0 Å². The summed E-state index contributed by atoms with van der Waals surface area (Å²) in [6, 6.07) is 9.56. The molecule has 1 saturated carbocycles. The molecule has 2 rings (SSSR count). The summed E-state index contributed by atoms with van der Waals surface area (Å²) in [4.78, 5) is 11.7. The molecule has 1 aromatic carbocycles. The lowest BCUT2D eigenvalue weighted by atomic mass is 9.90. The number of hydrogen-bond donors (Lipinski definition) is 2. The quantitative estimate of drug-likeness (QED) is 0.773. The Balaban J connectivity index is 2.31. The smallest absolute Gasteiger partial charge is 0.331 e. The number of nitrogens with one attached hydrogen (secondary N) is 1. The lowest BCUT2D eigenvalue weighted by molar-refractivity contribution is -0.148. The third kappa shape index (κ3) is 2.71. The molecule has 0 saturated heterocycles. The van der Waals surface area contributed by atoms with E-state index in [-0.39, 0.29) is 6.61 Å². The molecule has 98 valence electrons. The van der Waals surface area contributed by atoms with Crippen LogP contribution in [0, 0.1) is 0 Å². The highest BCUT2D eigenvalue weighted by Gasteiger charge is 2.44. The van der Waals surface area contributed by atoms with Gasteiger partial charge in [0.25, 0.3) is 0 Å². The molecule has 0 radical (unpaired) electrons. The number of carboxylic acid groups (broad SMARTS) is 1. The zero-order valence-corrected chi connectivity index (χ0v) is 10.6. The molecule has 1 aliphatic rings. The van der Waals surface area contributed by atoms with E-state index in [2.05, 4.69) is 5.32 Å². The van der Waals surface area contributed by atoms with E-state index in [0.717, 1.165) is 18.4 Å². The van der Waals surface area contributed by atoms with Crippen molar-refractivity contribution in [1.29, 1.82) is 0 Å². The zero-order valence-electron chi connectivity index (χ0n) is 10.6. The Morgan fingerprint density at radius 2 is 2.11 bits per heavy atom. The van der Waals surface area contributed by atoms with E-state index in [4.69, 9.17) is 4.74 Å². The number of carboxylic acids is 1. The van der Waals surface area contributed by atoms with Crippen molar-refractivity contribution < 1.29 is 14.6 Å². The Hall–Kier alpha value is -1.39. The monoisotopic (exact) mass is 249 g/mol. The SMILES string of the molecule is CCOCC(NC1CC1)(C(=O)O)c1ccccc1. The van der Waals surface area contributed by atoms with E-state index < -0.39 is 11.5 Å². The maximum atomic E-state index is 11.7. The first-order valence-electron chi connectivity index (χ1n) is 6.33. The summed E-state index contributed by atoms with van der Waals surface area (Å²) >= 11 is 0. The molecule has 1 aliphatic carbocycles. The molecule has 0 amide bonds. The van der Waals surface area contributed by atoms with Gasteiger partial charge in [0.2, 0.25) is 0 Å². The summed E-state index contributed by atoms with van der Waals surface area (Å²) in [5.41, 5.74) is -0.379. The van der Waals surface area contributed by atoms with Crippen LogP contribution < -0.4 is 5.32 Å². The molecule has 1 fully saturated rings. The third-order valence-electron chi connectivity index (χ3n) is 3.18. The van der Waals surface area contributed by atoms with Gasteiger partial charge in [-0.1, -0.05) is 30.3 Å². The molecule has 2 N–H and O–H groups in total. The normalized spacial score (nSPS) is 18.3. The van der Waals surface area contributed by atoms with E-state index in [9.17, 15) is 9.90 Å². The van der Waals surface area contributed by atoms with Gasteiger partial charge in [0, 0.05) is 12.6 Å². The lowest BCUT2D eigenvalue weighted by Gasteiger charge is -2.31. The molecule has 0 bridgehead atoms. The van der Waals surface area contributed by atoms with Crippen LogP contribution in [0.25, 0.3) is 0 Å². The van der Waals surface area contributed by atoms with Crippen molar-refractivity contribution in [3.8, 4) is 0 Å². The first-order chi connectivity index (χ1) is 8.69. The number of carbonyl (C=O) groups is 1. The van der Waals surface area contributed by atoms with Crippen LogP contribution in [-0.4, -0.2) is 30.3 Å². The fourth-order valence-electron chi connectivity index (χ4n) is 2.01. The second-order valence-corrected chi connectivity index (χ2v) is 4.63. The molecule has 1 atom stereocenters. The standard InChI is InChI=1S/C14H19NO3/c1-2-18-10-14(13(16)17,15-12-8-9-12)11-6-4-3-5-7-11/h3-7,12,15H,2,8-10H2,1H3,(H,16,17). The van der Waals surface area contributed by atoms with Crippen molar-refractivity contribution in [3.05, 3.63) is 35.9 Å². The Bertz CT molecular complexity index is 403. The van der Waals surface area contributed by atoms with Crippen LogP contribution in [0.5, 0.6) is 0 Å². The summed E-state index contributed by atoms with van der Waals surface area (Å²) in [6.07, 6.45) is 2.07. The molecule has 4 heteroatoms. The molecular formula is C14H19NO3. The highest BCUT2D eigenvalue weighted by atomic mass is 16.5. The second kappa shape index (κ2) is 5.50. The third-order valence-corrected chi connectivity index (χ3v) is 3.18. The molecule has 0 aliphatic heterocycles. The Morgan fingerprint density at radius 1 is 1.44 bits per heavy atom. The van der Waals surface area contributed by atoms with Gasteiger partial charge in [-0.25, -0.2) is 4.79 Å². The van der Waals surface area contributed by atoms with Gasteiger partial charge < -0.3 is 9.84 Å². The number of rotatable bonds is 7. The molecule has 0 heterocycles. The molecule has 4 nitrogen and oxygen atoms in total. The van der Waals surface area contributed by atoms with E-state index in [1.807, 2.05) is 37.3 Å². The zero-order chi connectivity index (χ0) is 13.0. The summed E-state index contributed by atoms with van der Waals surface area (Å²) in [6.45, 7) is 2.53. The van der Waals surface area contributed by atoms with Crippen LogP contribution in [0.15, 0.2) is 30.3 Å². The van der Waals surface area contributed by atoms with Gasteiger partial charge in [-0.05, 0) is 25.3 Å². The number of benzene rings is 1. The first-order valence-corrected chi connectivity index (χ1v) is 6.33. The van der Waals surface area contributed by atoms with Crippen LogP contribution in [0.1, 0.15) is 25.3 Å². The van der Waals surface area contributed by atoms with Gasteiger partial charge in [0.1, 0.15) is 0 Å². The first kappa shape index (κ1) is 13.1. The van der Waals surface area contributed by atoms with Gasteiger partial charge in [-0.3, -0.25) is 5.32 Å². The van der Waals surface area contributed by atoms with E-state index >= 15 is 0 Å². The maximum Gasteiger partial charge on any atom is 0.331 e. The Morgan fingerprint density at radius 3 is 2.61 bits per heavy atom. The van der Waals surface area contributed by atoms with Crippen LogP contribution >= 0.6 is 0 Å². The summed E-state index contributed by atoms with van der Waals surface area (Å²) < 4.78 is 5.40. The van der Waals surface area contributed by atoms with Crippen molar-refractivity contribution >= 4 is 5.97 Å². The highest BCUT2D eigenvalue weighted by Crippen LogP contribution is 2.29. The van der Waals surface area contributed by atoms with Crippen molar-refractivity contribution in [2.45, 2.75) is 31.3 Å². The Labute approximate surface area is 107 Å². The average Bonchev–Trinajstić information content (AvgIpc) is 3.19. The molecular weight excluding hydrogens is 230 g/mol. The average molecular weight is 249 g/mol. The summed E-state index contributed by atoms with van der Waals surface area (Å²) in [5, 5.41) is 12.9. The second-order valence-electron chi connectivity index (χ2n) is 4.63. The van der Waals surface area contributed by atoms with Crippen molar-refractivity contribution in [1.82, 2.24) is 5.32 Å². The summed E-state index contributed by atoms with van der Waals surface area (Å²) in [5.74, 6) is -0.881. The molecule has 1 aromatic rings. The van der Waals surface area contributed by atoms with Gasteiger partial charge in [0.15, 0.2) is 5.54 Å². The molecule has 18 heavy (non-hydrogen) atoms. The molecule has 0 spiro atoms. The largest absolute Gasteiger partial charge is 0.480 e. The topological polar surface area (TPSA) is 58.6 Å². The minimum Gasteiger partial charge on any atom is -0.480 e. The van der Waals surface area contributed by atoms with Crippen molar-refractivity contribution in [2.24, 2.45) is 0 Å². The van der Waals surface area contributed by atoms with E-state index in [0.29, 0.717) is 12.6 Å². The Kier molecular flexibility index (Phi) is 3.99. The number of ether oxygens (including phenoxy) is 1. The van der Waals surface area contributed by atoms with Gasteiger partial charge in [0.05, 0.1) is 6.61 Å². The van der Waals surface area contributed by atoms with Crippen LogP contribution in [-0.2, 0) is 15.1 Å². The predicted molar refractivity (Wildman–Crippen MR) is 68.4 cm³/mol. The fraction of sp³-hybridized carbons (Fsp3) is 0.500. The molecule has 1 unspecified atom stereocenters. The highest BCUT2D eigenvalue weighted by molar-refractivity contribution is 5.81. The predicted octanol–water partition coefficient (Wildman–Crippen LogP) is 1.75. The van der Waals surface area contributed by atoms with E-state index in [1.165, 1.54) is 0 Å². The van der Waals surface area contributed by atoms with Crippen molar-refractivity contribution in [2.75, 3.05) is 13.2 Å². The van der Waals surface area contributed by atoms with Crippen LogP contribution in [0.2, 0.25) is 0 Å². The number of aliphatic carboxylic acids is 1. The number of hydrogen-bond acceptors (Lipinski definition) is 3. The maximum absolute atomic E-state index is 11.7. The minimum absolute atomic E-state index is 0.152. The van der Waals surface area contributed by atoms with Crippen LogP contribution in [0.3, 0.4) is 0 Å². The van der Waals surface area contributed by atoms with Gasteiger partial charge in [-0.15, -0.1) is 0 Å². The van der Waals surface area contributed by atoms with Gasteiger partial charge in [-0.2, -0.15) is 0 Å². The molecule has 0 aromatic heterocycles. The van der Waals surface area contributed by atoms with Gasteiger partial charge >= 0.3 is 5.97 Å². The van der Waals surface area contributed by atoms with Crippen molar-refractivity contribution in [3.63, 3.8) is 0 Å². The minimum atomic E-state index is -1.13. The summed E-state index contributed by atoms with van der Waals surface area (Å²) in [7, 11) is 0. The van der Waals surface area contributed by atoms with Crippen LogP contribution in [0.4, 0.5) is 0 Å².